The van der Waals surface area contributed by atoms with E-state index >= 15 is 0 Å². The number of benzene rings is 1. The van der Waals surface area contributed by atoms with E-state index in [1.54, 1.807) is 24.3 Å². The van der Waals surface area contributed by atoms with Crippen molar-refractivity contribution in [1.82, 2.24) is 0 Å². The molecule has 7 nitrogen and oxygen atoms in total. The first-order valence-corrected chi connectivity index (χ1v) is 8.09. The molecule has 0 spiro atoms. The van der Waals surface area contributed by atoms with E-state index in [-0.39, 0.29) is 24.5 Å². The number of amides is 1. The Kier molecular flexibility index (Phi) is 6.32. The molecule has 0 unspecified atom stereocenters. The highest BCUT2D eigenvalue weighted by Crippen LogP contribution is 2.12. The summed E-state index contributed by atoms with van der Waals surface area (Å²) in [5.74, 6) is -1.34. The van der Waals surface area contributed by atoms with Crippen molar-refractivity contribution < 1.29 is 23.1 Å². The van der Waals surface area contributed by atoms with E-state index in [0.29, 0.717) is 24.1 Å². The summed E-state index contributed by atoms with van der Waals surface area (Å²) in [7, 11) is -3.57. The van der Waals surface area contributed by atoms with Gasteiger partial charge in [-0.25, -0.2) is 13.6 Å². The number of anilines is 1. The van der Waals surface area contributed by atoms with Gasteiger partial charge in [-0.15, -0.1) is 0 Å². The van der Waals surface area contributed by atoms with Gasteiger partial charge in [0.2, 0.25) is 15.9 Å². The quantitative estimate of drug-likeness (QED) is 0.618. The largest absolute Gasteiger partial charge is 0.481 e. The van der Waals surface area contributed by atoms with Gasteiger partial charge in [0.05, 0.1) is 5.75 Å². The number of carbonyl (C=O) groups excluding carboxylic acids is 1. The molecule has 1 aromatic rings. The number of carboxylic acids is 1. The molecular formula is C13H18N2O5S. The van der Waals surface area contributed by atoms with Crippen LogP contribution in [-0.4, -0.2) is 25.4 Å². The molecule has 0 aliphatic heterocycles. The number of hydrogen-bond donors (Lipinski definition) is 3. The molecule has 4 N–H and O–H groups in total. The molecule has 21 heavy (non-hydrogen) atoms. The third kappa shape index (κ3) is 8.05. The predicted molar refractivity (Wildman–Crippen MR) is 78.0 cm³/mol. The molecular weight excluding hydrogens is 296 g/mol. The van der Waals surface area contributed by atoms with Crippen molar-refractivity contribution in [3.05, 3.63) is 29.8 Å². The normalized spacial score (nSPS) is 11.1. The number of rotatable bonds is 8. The van der Waals surface area contributed by atoms with Gasteiger partial charge in [0.15, 0.2) is 0 Å². The van der Waals surface area contributed by atoms with Crippen LogP contribution in [0.5, 0.6) is 0 Å². The van der Waals surface area contributed by atoms with Crippen LogP contribution in [0.1, 0.15) is 31.2 Å². The van der Waals surface area contributed by atoms with Crippen LogP contribution in [0.15, 0.2) is 24.3 Å². The lowest BCUT2D eigenvalue weighted by Gasteiger charge is -2.06. The van der Waals surface area contributed by atoms with Gasteiger partial charge >= 0.3 is 5.97 Å². The van der Waals surface area contributed by atoms with E-state index in [9.17, 15) is 18.0 Å². The average molecular weight is 314 g/mol. The Balaban J connectivity index is 2.41. The highest BCUT2D eigenvalue weighted by atomic mass is 32.2. The van der Waals surface area contributed by atoms with Crippen LogP contribution in [0.4, 0.5) is 5.69 Å². The van der Waals surface area contributed by atoms with Gasteiger partial charge in [-0.3, -0.25) is 9.59 Å². The Morgan fingerprint density at radius 1 is 1.10 bits per heavy atom. The van der Waals surface area contributed by atoms with Crippen LogP contribution in [0.3, 0.4) is 0 Å². The first-order valence-electron chi connectivity index (χ1n) is 6.37. The number of hydrogen-bond acceptors (Lipinski definition) is 4. The molecule has 1 amide bonds. The fraction of sp³-hybridized carbons (Fsp3) is 0.385. The molecule has 0 saturated carbocycles. The molecule has 0 aliphatic carbocycles. The number of nitrogens with one attached hydrogen (secondary N) is 1. The maximum absolute atomic E-state index is 11.6. The van der Waals surface area contributed by atoms with E-state index in [1.165, 1.54) is 0 Å². The first-order chi connectivity index (χ1) is 9.76. The second-order valence-corrected chi connectivity index (χ2v) is 6.27. The third-order valence-electron chi connectivity index (χ3n) is 2.65. The zero-order valence-electron chi connectivity index (χ0n) is 11.4. The van der Waals surface area contributed by atoms with E-state index in [0.717, 1.165) is 0 Å². The summed E-state index contributed by atoms with van der Waals surface area (Å²) in [6.45, 7) is 0. The highest BCUT2D eigenvalue weighted by molar-refractivity contribution is 7.88. The number of sulfonamides is 1. The summed E-state index contributed by atoms with van der Waals surface area (Å²) in [6.07, 6.45) is 1.25. The molecule has 0 radical (unpaired) electrons. The standard InChI is InChI=1S/C13H18N2O5S/c14-21(19,20)9-10-5-7-11(8-6-10)15-12(16)3-1-2-4-13(17)18/h5-8H,1-4,9H2,(H,15,16)(H,17,18)(H2,14,19,20). The predicted octanol–water partition coefficient (Wildman–Crippen LogP) is 1.06. The summed E-state index contributed by atoms with van der Waals surface area (Å²) < 4.78 is 21.8. The van der Waals surface area contributed by atoms with Crippen LogP contribution in [0, 0.1) is 0 Å². The molecule has 0 saturated heterocycles. The van der Waals surface area contributed by atoms with Crippen molar-refractivity contribution in [3.8, 4) is 0 Å². The minimum Gasteiger partial charge on any atom is -0.481 e. The Labute approximate surface area is 123 Å². The molecule has 0 fully saturated rings. The van der Waals surface area contributed by atoms with Crippen LogP contribution < -0.4 is 10.5 Å². The van der Waals surface area contributed by atoms with Crippen molar-refractivity contribution in [2.24, 2.45) is 5.14 Å². The number of carboxylic acid groups (broad SMARTS) is 1. The summed E-state index contributed by atoms with van der Waals surface area (Å²) in [5, 5.41) is 16.1. The van der Waals surface area contributed by atoms with Crippen molar-refractivity contribution in [2.45, 2.75) is 31.4 Å². The van der Waals surface area contributed by atoms with Gasteiger partial charge in [0.1, 0.15) is 0 Å². The topological polar surface area (TPSA) is 127 Å². The molecule has 1 rings (SSSR count). The van der Waals surface area contributed by atoms with Crippen molar-refractivity contribution in [3.63, 3.8) is 0 Å². The van der Waals surface area contributed by atoms with Gasteiger partial charge in [-0.1, -0.05) is 12.1 Å². The molecule has 1 aromatic carbocycles. The number of unbranched alkanes of at least 4 members (excludes halogenated alkanes) is 1. The number of primary sulfonamides is 1. The van der Waals surface area contributed by atoms with Crippen LogP contribution in [0.2, 0.25) is 0 Å². The van der Waals surface area contributed by atoms with E-state index in [1.807, 2.05) is 0 Å². The van der Waals surface area contributed by atoms with Gasteiger partial charge in [-0.05, 0) is 30.5 Å². The zero-order valence-corrected chi connectivity index (χ0v) is 12.2. The highest BCUT2D eigenvalue weighted by Gasteiger charge is 2.06. The van der Waals surface area contributed by atoms with Crippen molar-refractivity contribution in [2.75, 3.05) is 5.32 Å². The molecule has 0 bridgehead atoms. The zero-order chi connectivity index (χ0) is 15.9. The van der Waals surface area contributed by atoms with E-state index < -0.39 is 16.0 Å². The summed E-state index contributed by atoms with van der Waals surface area (Å²) in [4.78, 5) is 21.9. The molecule has 0 aliphatic rings. The van der Waals surface area contributed by atoms with Gasteiger partial charge < -0.3 is 10.4 Å². The fourth-order valence-electron chi connectivity index (χ4n) is 1.70. The Morgan fingerprint density at radius 2 is 1.67 bits per heavy atom. The van der Waals surface area contributed by atoms with Gasteiger partial charge in [-0.2, -0.15) is 0 Å². The Morgan fingerprint density at radius 3 is 2.19 bits per heavy atom. The van der Waals surface area contributed by atoms with Crippen LogP contribution in [0.25, 0.3) is 0 Å². The summed E-state index contributed by atoms with van der Waals surface area (Å²) in [6, 6.07) is 6.33. The lowest BCUT2D eigenvalue weighted by Crippen LogP contribution is -2.14. The Hall–Kier alpha value is -1.93. The van der Waals surface area contributed by atoms with E-state index in [4.69, 9.17) is 10.2 Å². The minimum atomic E-state index is -3.57. The third-order valence-corrected chi connectivity index (χ3v) is 3.39. The first kappa shape index (κ1) is 17.1. The summed E-state index contributed by atoms with van der Waals surface area (Å²) in [5.41, 5.74) is 1.09. The average Bonchev–Trinajstić information content (AvgIpc) is 2.35. The van der Waals surface area contributed by atoms with Crippen molar-refractivity contribution in [1.29, 1.82) is 0 Å². The molecule has 0 atom stereocenters. The number of aliphatic carboxylic acids is 1. The lowest BCUT2D eigenvalue weighted by molar-refractivity contribution is -0.137. The SMILES string of the molecule is NS(=O)(=O)Cc1ccc(NC(=O)CCCCC(=O)O)cc1. The monoisotopic (exact) mass is 314 g/mol. The molecule has 0 aromatic heterocycles. The van der Waals surface area contributed by atoms with Crippen molar-refractivity contribution >= 4 is 27.6 Å². The maximum Gasteiger partial charge on any atom is 0.303 e. The second kappa shape index (κ2) is 7.75. The van der Waals surface area contributed by atoms with Gasteiger partial charge in [0.25, 0.3) is 0 Å². The molecule has 116 valence electrons. The minimum absolute atomic E-state index is 0.0511. The molecule has 8 heteroatoms. The smallest absolute Gasteiger partial charge is 0.303 e. The summed E-state index contributed by atoms with van der Waals surface area (Å²) >= 11 is 0. The van der Waals surface area contributed by atoms with Crippen LogP contribution >= 0.6 is 0 Å². The van der Waals surface area contributed by atoms with E-state index in [2.05, 4.69) is 5.32 Å². The number of nitrogens with two attached hydrogens (primary N) is 1. The second-order valence-electron chi connectivity index (χ2n) is 4.65. The lowest BCUT2D eigenvalue weighted by atomic mass is 10.2. The van der Waals surface area contributed by atoms with Crippen LogP contribution in [-0.2, 0) is 25.4 Å². The molecule has 0 heterocycles. The maximum atomic E-state index is 11.6. The Bertz CT molecular complexity index is 595. The number of carbonyl (C=O) groups is 2. The fourth-order valence-corrected chi connectivity index (χ4v) is 2.36. The van der Waals surface area contributed by atoms with Gasteiger partial charge in [0, 0.05) is 18.5 Å².